The highest BCUT2D eigenvalue weighted by molar-refractivity contribution is 5.71. The zero-order chi connectivity index (χ0) is 11.1. The van der Waals surface area contributed by atoms with E-state index in [2.05, 4.69) is 12.2 Å². The van der Waals surface area contributed by atoms with Crippen LogP contribution in [0.5, 0.6) is 0 Å². The highest BCUT2D eigenvalue weighted by Crippen LogP contribution is 2.44. The monoisotopic (exact) mass is 215 g/mol. The maximum absolute atomic E-state index is 11.2. The summed E-state index contributed by atoms with van der Waals surface area (Å²) in [6.45, 7) is 3.76. The minimum absolute atomic E-state index is 0.0592. The van der Waals surface area contributed by atoms with Crippen molar-refractivity contribution in [3.05, 3.63) is 0 Å². The van der Waals surface area contributed by atoms with Gasteiger partial charge in [-0.15, -0.1) is 0 Å². The van der Waals surface area contributed by atoms with E-state index >= 15 is 0 Å². The highest BCUT2D eigenvalue weighted by Gasteiger charge is 2.41. The van der Waals surface area contributed by atoms with Gasteiger partial charge in [0.25, 0.3) is 0 Å². The van der Waals surface area contributed by atoms with Gasteiger partial charge in [0, 0.05) is 18.6 Å². The summed E-state index contributed by atoms with van der Waals surface area (Å²) in [5, 5.41) is 12.1. The molecule has 4 nitrogen and oxygen atoms in total. The zero-order valence-electron chi connectivity index (χ0n) is 9.42. The van der Waals surface area contributed by atoms with E-state index in [4.69, 9.17) is 9.84 Å². The fourth-order valence-corrected chi connectivity index (χ4v) is 1.38. The molecular formula is C11H21NO3. The Morgan fingerprint density at radius 3 is 2.80 bits per heavy atom. The number of hydrogen-bond acceptors (Lipinski definition) is 4. The summed E-state index contributed by atoms with van der Waals surface area (Å²) in [6, 6.07) is 0. The van der Waals surface area contributed by atoms with Crippen molar-refractivity contribution in [2.75, 3.05) is 26.3 Å². The Morgan fingerprint density at radius 2 is 2.27 bits per heavy atom. The third-order valence-electron chi connectivity index (χ3n) is 2.82. The van der Waals surface area contributed by atoms with Gasteiger partial charge in [-0.25, -0.2) is 0 Å². The largest absolute Gasteiger partial charge is 0.465 e. The molecule has 0 unspecified atom stereocenters. The second kappa shape index (κ2) is 6.08. The van der Waals surface area contributed by atoms with Gasteiger partial charge in [-0.05, 0) is 19.3 Å². The third kappa shape index (κ3) is 4.62. The van der Waals surface area contributed by atoms with Gasteiger partial charge in [-0.2, -0.15) is 0 Å². The number of esters is 1. The number of unbranched alkanes of at least 4 members (excludes halogenated alkanes) is 1. The molecule has 4 heteroatoms. The molecule has 0 heterocycles. The molecule has 1 rings (SSSR count). The topological polar surface area (TPSA) is 58.6 Å². The number of aliphatic hydroxyl groups excluding tert-OH is 1. The zero-order valence-corrected chi connectivity index (χ0v) is 9.42. The van der Waals surface area contributed by atoms with Crippen molar-refractivity contribution in [2.24, 2.45) is 5.41 Å². The SMILES string of the molecule is CCCCOC(=O)CNCC1(CO)CC1. The number of carbonyl (C=O) groups excluding carboxylic acids is 1. The third-order valence-corrected chi connectivity index (χ3v) is 2.82. The van der Waals surface area contributed by atoms with E-state index in [1.54, 1.807) is 0 Å². The van der Waals surface area contributed by atoms with Crippen molar-refractivity contribution < 1.29 is 14.6 Å². The van der Waals surface area contributed by atoms with Crippen molar-refractivity contribution in [2.45, 2.75) is 32.6 Å². The smallest absolute Gasteiger partial charge is 0.319 e. The summed E-state index contributed by atoms with van der Waals surface area (Å²) < 4.78 is 4.99. The fraction of sp³-hybridized carbons (Fsp3) is 0.909. The van der Waals surface area contributed by atoms with Crippen LogP contribution in [-0.2, 0) is 9.53 Å². The van der Waals surface area contributed by atoms with E-state index in [1.165, 1.54) is 0 Å². The number of hydrogen-bond donors (Lipinski definition) is 2. The first-order valence-electron chi connectivity index (χ1n) is 5.70. The predicted octanol–water partition coefficient (Wildman–Crippen LogP) is 0.692. The van der Waals surface area contributed by atoms with E-state index in [-0.39, 0.29) is 24.5 Å². The lowest BCUT2D eigenvalue weighted by molar-refractivity contribution is -0.142. The summed E-state index contributed by atoms with van der Waals surface area (Å²) in [5.74, 6) is -0.197. The molecule has 0 aliphatic heterocycles. The van der Waals surface area contributed by atoms with Crippen molar-refractivity contribution in [1.82, 2.24) is 5.32 Å². The molecule has 15 heavy (non-hydrogen) atoms. The molecule has 1 saturated carbocycles. The number of aliphatic hydroxyl groups is 1. The lowest BCUT2D eigenvalue weighted by Crippen LogP contribution is -2.31. The van der Waals surface area contributed by atoms with Gasteiger partial charge in [0.15, 0.2) is 0 Å². The van der Waals surface area contributed by atoms with Crippen LogP contribution < -0.4 is 5.32 Å². The van der Waals surface area contributed by atoms with Gasteiger partial charge in [0.05, 0.1) is 13.2 Å². The average molecular weight is 215 g/mol. The fourth-order valence-electron chi connectivity index (χ4n) is 1.38. The number of ether oxygens (including phenoxy) is 1. The minimum atomic E-state index is -0.197. The van der Waals surface area contributed by atoms with Gasteiger partial charge in [0.1, 0.15) is 0 Å². The Bertz CT molecular complexity index is 202. The maximum Gasteiger partial charge on any atom is 0.319 e. The van der Waals surface area contributed by atoms with Crippen LogP contribution >= 0.6 is 0 Å². The van der Waals surface area contributed by atoms with Crippen LogP contribution in [0.15, 0.2) is 0 Å². The summed E-state index contributed by atoms with van der Waals surface area (Å²) in [6.07, 6.45) is 4.07. The van der Waals surface area contributed by atoms with Crippen molar-refractivity contribution in [3.8, 4) is 0 Å². The molecule has 0 aromatic carbocycles. The van der Waals surface area contributed by atoms with Crippen LogP contribution in [0.3, 0.4) is 0 Å². The molecular weight excluding hydrogens is 194 g/mol. The summed E-state index contributed by atoms with van der Waals surface area (Å²) in [4.78, 5) is 11.2. The molecule has 0 amide bonds. The molecule has 0 aromatic rings. The Labute approximate surface area is 91.0 Å². The summed E-state index contributed by atoms with van der Waals surface area (Å²) >= 11 is 0. The van der Waals surface area contributed by atoms with Gasteiger partial charge in [0.2, 0.25) is 0 Å². The molecule has 0 atom stereocenters. The predicted molar refractivity (Wildman–Crippen MR) is 57.5 cm³/mol. The van der Waals surface area contributed by atoms with E-state index in [9.17, 15) is 4.79 Å². The molecule has 1 fully saturated rings. The van der Waals surface area contributed by atoms with Crippen LogP contribution in [0.2, 0.25) is 0 Å². The number of rotatable bonds is 8. The van der Waals surface area contributed by atoms with E-state index in [0.717, 1.165) is 25.7 Å². The Morgan fingerprint density at radius 1 is 1.53 bits per heavy atom. The first kappa shape index (κ1) is 12.5. The molecule has 1 aliphatic carbocycles. The molecule has 1 aliphatic rings. The average Bonchev–Trinajstić information content (AvgIpc) is 2.99. The first-order chi connectivity index (χ1) is 7.22. The van der Waals surface area contributed by atoms with Crippen LogP contribution in [0.25, 0.3) is 0 Å². The molecule has 0 radical (unpaired) electrons. The number of nitrogens with one attached hydrogen (secondary N) is 1. The molecule has 0 saturated heterocycles. The minimum Gasteiger partial charge on any atom is -0.465 e. The lowest BCUT2D eigenvalue weighted by Gasteiger charge is -2.12. The highest BCUT2D eigenvalue weighted by atomic mass is 16.5. The Balaban J connectivity index is 1.97. The lowest BCUT2D eigenvalue weighted by atomic mass is 10.1. The molecule has 0 spiro atoms. The van der Waals surface area contributed by atoms with Crippen molar-refractivity contribution in [3.63, 3.8) is 0 Å². The molecule has 0 bridgehead atoms. The molecule has 0 aromatic heterocycles. The van der Waals surface area contributed by atoms with Crippen LogP contribution in [0, 0.1) is 5.41 Å². The van der Waals surface area contributed by atoms with Crippen LogP contribution in [0.4, 0.5) is 0 Å². The molecule has 88 valence electrons. The Hall–Kier alpha value is -0.610. The van der Waals surface area contributed by atoms with Gasteiger partial charge >= 0.3 is 5.97 Å². The van der Waals surface area contributed by atoms with E-state index in [0.29, 0.717) is 13.2 Å². The van der Waals surface area contributed by atoms with Gasteiger partial charge < -0.3 is 15.2 Å². The maximum atomic E-state index is 11.2. The first-order valence-corrected chi connectivity index (χ1v) is 5.70. The summed E-state index contributed by atoms with van der Waals surface area (Å²) in [7, 11) is 0. The summed E-state index contributed by atoms with van der Waals surface area (Å²) in [5.41, 5.74) is 0.0592. The second-order valence-corrected chi connectivity index (χ2v) is 4.34. The second-order valence-electron chi connectivity index (χ2n) is 4.34. The van der Waals surface area contributed by atoms with Crippen molar-refractivity contribution in [1.29, 1.82) is 0 Å². The normalized spacial score (nSPS) is 17.5. The standard InChI is InChI=1S/C11H21NO3/c1-2-3-6-15-10(14)7-12-8-11(9-13)4-5-11/h12-13H,2-9H2,1H3. The van der Waals surface area contributed by atoms with E-state index < -0.39 is 0 Å². The van der Waals surface area contributed by atoms with E-state index in [1.807, 2.05) is 0 Å². The quantitative estimate of drug-likeness (QED) is 0.462. The molecule has 2 N–H and O–H groups in total. The van der Waals surface area contributed by atoms with Crippen LogP contribution in [0.1, 0.15) is 32.6 Å². The van der Waals surface area contributed by atoms with Crippen molar-refractivity contribution >= 4 is 5.97 Å². The van der Waals surface area contributed by atoms with Gasteiger partial charge in [-0.3, -0.25) is 4.79 Å². The number of carbonyl (C=O) groups is 1. The van der Waals surface area contributed by atoms with Crippen LogP contribution in [-0.4, -0.2) is 37.4 Å². The Kier molecular flexibility index (Phi) is 5.05. The van der Waals surface area contributed by atoms with Gasteiger partial charge in [-0.1, -0.05) is 13.3 Å².